The van der Waals surface area contributed by atoms with Crippen molar-refractivity contribution in [2.75, 3.05) is 19.5 Å². The van der Waals surface area contributed by atoms with Crippen molar-refractivity contribution in [3.05, 3.63) is 0 Å². The Morgan fingerprint density at radius 2 is 2.38 bits per heavy atom. The van der Waals surface area contributed by atoms with Crippen molar-refractivity contribution < 1.29 is 4.74 Å². The molecule has 16 heavy (non-hydrogen) atoms. The molecule has 0 radical (unpaired) electrons. The van der Waals surface area contributed by atoms with Gasteiger partial charge in [-0.3, -0.25) is 4.99 Å². The number of rotatable bonds is 6. The number of nitrogens with zero attached hydrogens (tertiary/aromatic N) is 1. The maximum absolute atomic E-state index is 5.22. The molecule has 0 saturated heterocycles. The summed E-state index contributed by atoms with van der Waals surface area (Å²) < 4.78 is 5.22. The smallest absolute Gasteiger partial charge is 0.157 e. The molecular formula is C12H24N2OS. The third-order valence-electron chi connectivity index (χ3n) is 2.79. The van der Waals surface area contributed by atoms with E-state index in [9.17, 15) is 0 Å². The lowest BCUT2D eigenvalue weighted by Gasteiger charge is -2.24. The zero-order valence-corrected chi connectivity index (χ0v) is 11.5. The molecule has 0 aromatic carbocycles. The molecule has 2 unspecified atom stereocenters. The highest BCUT2D eigenvalue weighted by Crippen LogP contribution is 2.18. The van der Waals surface area contributed by atoms with Gasteiger partial charge in [-0.1, -0.05) is 32.0 Å². The van der Waals surface area contributed by atoms with E-state index >= 15 is 0 Å². The van der Waals surface area contributed by atoms with E-state index in [1.807, 2.05) is 11.8 Å². The maximum atomic E-state index is 5.22. The second-order valence-corrected chi connectivity index (χ2v) is 5.30. The Morgan fingerprint density at radius 1 is 1.56 bits per heavy atom. The van der Waals surface area contributed by atoms with E-state index < -0.39 is 0 Å². The summed E-state index contributed by atoms with van der Waals surface area (Å²) in [6, 6.07) is 0.936. The molecule has 0 aromatic heterocycles. The van der Waals surface area contributed by atoms with Crippen molar-refractivity contribution >= 4 is 16.9 Å². The molecule has 2 atom stereocenters. The lowest BCUT2D eigenvalue weighted by atomic mass is 10.2. The molecule has 1 N–H and O–H groups in total. The fourth-order valence-corrected chi connectivity index (χ4v) is 2.91. The summed E-state index contributed by atoms with van der Waals surface area (Å²) in [5.41, 5.74) is 0. The molecule has 0 amide bonds. The molecule has 0 spiro atoms. The van der Waals surface area contributed by atoms with Gasteiger partial charge in [0.05, 0.1) is 18.7 Å². The van der Waals surface area contributed by atoms with Gasteiger partial charge in [0.1, 0.15) is 0 Å². The second kappa shape index (κ2) is 7.96. The van der Waals surface area contributed by atoms with Crippen LogP contribution in [-0.4, -0.2) is 36.7 Å². The molecule has 0 aliphatic carbocycles. The number of thioether (sulfide) groups is 1. The molecule has 1 aliphatic rings. The Bertz CT molecular complexity index is 215. The highest BCUT2D eigenvalue weighted by molar-refractivity contribution is 8.13. The summed E-state index contributed by atoms with van der Waals surface area (Å²) >= 11 is 1.85. The molecule has 0 saturated carbocycles. The van der Waals surface area contributed by atoms with Crippen molar-refractivity contribution in [1.82, 2.24) is 5.32 Å². The third kappa shape index (κ3) is 4.74. The van der Waals surface area contributed by atoms with Crippen LogP contribution in [0.25, 0.3) is 0 Å². The SMILES string of the molecule is CCCC(COC)NC1=NC(CC)CCS1. The van der Waals surface area contributed by atoms with Crippen LogP contribution in [0.15, 0.2) is 4.99 Å². The van der Waals surface area contributed by atoms with Crippen LogP contribution in [-0.2, 0) is 4.74 Å². The molecule has 0 fully saturated rings. The summed E-state index contributed by atoms with van der Waals surface area (Å²) in [6.45, 7) is 5.18. The van der Waals surface area contributed by atoms with Crippen LogP contribution < -0.4 is 5.32 Å². The minimum absolute atomic E-state index is 0.414. The highest BCUT2D eigenvalue weighted by Gasteiger charge is 2.16. The Labute approximate surface area is 103 Å². The predicted octanol–water partition coefficient (Wildman–Crippen LogP) is 2.66. The number of methoxy groups -OCH3 is 1. The van der Waals surface area contributed by atoms with Crippen LogP contribution in [0.1, 0.15) is 39.5 Å². The van der Waals surface area contributed by atoms with Crippen LogP contribution in [0, 0.1) is 0 Å². The predicted molar refractivity (Wildman–Crippen MR) is 72.3 cm³/mol. The van der Waals surface area contributed by atoms with Crippen molar-refractivity contribution in [1.29, 1.82) is 0 Å². The summed E-state index contributed by atoms with van der Waals surface area (Å²) in [6.07, 6.45) is 4.68. The first-order valence-electron chi connectivity index (χ1n) is 6.26. The van der Waals surface area contributed by atoms with Crippen molar-refractivity contribution in [3.63, 3.8) is 0 Å². The fourth-order valence-electron chi connectivity index (χ4n) is 1.86. The Kier molecular flexibility index (Phi) is 6.88. The van der Waals surface area contributed by atoms with E-state index in [2.05, 4.69) is 19.2 Å². The number of ether oxygens (including phenoxy) is 1. The first kappa shape index (κ1) is 13.8. The van der Waals surface area contributed by atoms with Gasteiger partial charge in [-0.05, 0) is 19.3 Å². The number of amidine groups is 1. The normalized spacial score (nSPS) is 22.7. The van der Waals surface area contributed by atoms with Gasteiger partial charge in [-0.25, -0.2) is 0 Å². The van der Waals surface area contributed by atoms with E-state index in [1.54, 1.807) is 7.11 Å². The van der Waals surface area contributed by atoms with Crippen LogP contribution in [0.2, 0.25) is 0 Å². The quantitative estimate of drug-likeness (QED) is 0.780. The molecule has 0 aromatic rings. The molecule has 1 rings (SSSR count). The number of nitrogens with one attached hydrogen (secondary N) is 1. The van der Waals surface area contributed by atoms with Gasteiger partial charge < -0.3 is 10.1 Å². The number of aliphatic imine (C=N–C) groups is 1. The minimum Gasteiger partial charge on any atom is -0.383 e. The van der Waals surface area contributed by atoms with E-state index in [0.29, 0.717) is 12.1 Å². The van der Waals surface area contributed by atoms with E-state index in [-0.39, 0.29) is 0 Å². The molecule has 0 bridgehead atoms. The second-order valence-electron chi connectivity index (χ2n) is 4.22. The van der Waals surface area contributed by atoms with Crippen LogP contribution in [0.4, 0.5) is 0 Å². The Morgan fingerprint density at radius 3 is 3.00 bits per heavy atom. The Hall–Kier alpha value is -0.220. The zero-order chi connectivity index (χ0) is 11.8. The van der Waals surface area contributed by atoms with Gasteiger partial charge in [-0.15, -0.1) is 0 Å². The van der Waals surface area contributed by atoms with Crippen molar-refractivity contribution in [2.24, 2.45) is 4.99 Å². The minimum atomic E-state index is 0.414. The monoisotopic (exact) mass is 244 g/mol. The summed E-state index contributed by atoms with van der Waals surface area (Å²) in [7, 11) is 1.76. The number of hydrogen-bond donors (Lipinski definition) is 1. The molecule has 94 valence electrons. The third-order valence-corrected chi connectivity index (χ3v) is 3.73. The highest BCUT2D eigenvalue weighted by atomic mass is 32.2. The van der Waals surface area contributed by atoms with Crippen LogP contribution in [0.5, 0.6) is 0 Å². The largest absolute Gasteiger partial charge is 0.383 e. The fraction of sp³-hybridized carbons (Fsp3) is 0.917. The van der Waals surface area contributed by atoms with E-state index in [4.69, 9.17) is 9.73 Å². The lowest BCUT2D eigenvalue weighted by Crippen LogP contribution is -2.38. The summed E-state index contributed by atoms with van der Waals surface area (Å²) in [5.74, 6) is 1.19. The molecule has 3 nitrogen and oxygen atoms in total. The van der Waals surface area contributed by atoms with Gasteiger partial charge in [-0.2, -0.15) is 0 Å². The molecular weight excluding hydrogens is 220 g/mol. The van der Waals surface area contributed by atoms with E-state index in [1.165, 1.54) is 18.6 Å². The average molecular weight is 244 g/mol. The van der Waals surface area contributed by atoms with Gasteiger partial charge in [0, 0.05) is 12.9 Å². The zero-order valence-electron chi connectivity index (χ0n) is 10.7. The lowest BCUT2D eigenvalue weighted by molar-refractivity contribution is 0.170. The number of hydrogen-bond acceptors (Lipinski definition) is 4. The standard InChI is InChI=1S/C12H24N2OS/c1-4-6-11(9-15-3)14-12-13-10(5-2)7-8-16-12/h10-11H,4-9H2,1-3H3,(H,13,14). The first-order chi connectivity index (χ1) is 7.80. The van der Waals surface area contributed by atoms with Crippen LogP contribution >= 0.6 is 11.8 Å². The van der Waals surface area contributed by atoms with Gasteiger partial charge in [0.25, 0.3) is 0 Å². The summed E-state index contributed by atoms with van der Waals surface area (Å²) in [4.78, 5) is 4.72. The average Bonchev–Trinajstić information content (AvgIpc) is 2.30. The molecule has 1 aliphatic heterocycles. The Balaban J connectivity index is 2.45. The van der Waals surface area contributed by atoms with Crippen LogP contribution in [0.3, 0.4) is 0 Å². The van der Waals surface area contributed by atoms with Crippen molar-refractivity contribution in [2.45, 2.75) is 51.6 Å². The van der Waals surface area contributed by atoms with Crippen molar-refractivity contribution in [3.8, 4) is 0 Å². The topological polar surface area (TPSA) is 33.6 Å². The molecule has 1 heterocycles. The summed E-state index contributed by atoms with van der Waals surface area (Å²) in [5, 5.41) is 4.63. The van der Waals surface area contributed by atoms with Gasteiger partial charge >= 0.3 is 0 Å². The molecule has 4 heteroatoms. The first-order valence-corrected chi connectivity index (χ1v) is 7.24. The van der Waals surface area contributed by atoms with Gasteiger partial charge in [0.2, 0.25) is 0 Å². The van der Waals surface area contributed by atoms with Gasteiger partial charge in [0.15, 0.2) is 5.17 Å². The van der Waals surface area contributed by atoms with E-state index in [0.717, 1.165) is 24.6 Å². The maximum Gasteiger partial charge on any atom is 0.157 e.